The smallest absolute Gasteiger partial charge is 0.216 e. The van der Waals surface area contributed by atoms with Crippen molar-refractivity contribution in [2.45, 2.75) is 13.5 Å². The topological polar surface area (TPSA) is 87.1 Å². The average molecular weight is 234 g/mol. The molecule has 0 atom stereocenters. The number of hydrogen-bond donors (Lipinski definition) is 1. The molecule has 1 amide bonds. The van der Waals surface area contributed by atoms with E-state index < -0.39 is 0 Å². The minimum Gasteiger partial charge on any atom is -0.375 e. The van der Waals surface area contributed by atoms with Gasteiger partial charge in [-0.2, -0.15) is 0 Å². The summed E-state index contributed by atoms with van der Waals surface area (Å²) in [4.78, 5) is 13.3. The summed E-state index contributed by atoms with van der Waals surface area (Å²) in [5.74, 6) is -0.0805. The summed E-state index contributed by atoms with van der Waals surface area (Å²) in [6.07, 6.45) is 0. The molecule has 0 radical (unpaired) electrons. The lowest BCUT2D eigenvalue weighted by molar-refractivity contribution is -0.119. The van der Waals surface area contributed by atoms with Gasteiger partial charge in [-0.15, -0.1) is 0 Å². The highest BCUT2D eigenvalue weighted by Gasteiger charge is 1.99. The second kappa shape index (κ2) is 7.27. The second-order valence-corrected chi connectivity index (χ2v) is 3.35. The van der Waals surface area contributed by atoms with Gasteiger partial charge in [0.15, 0.2) is 0 Å². The Morgan fingerprint density at radius 3 is 3.00 bits per heavy atom. The molecule has 0 spiro atoms. The van der Waals surface area contributed by atoms with Crippen molar-refractivity contribution in [1.29, 1.82) is 0 Å². The molecule has 0 fully saturated rings. The van der Waals surface area contributed by atoms with Crippen LogP contribution in [0.15, 0.2) is 29.4 Å². The first-order chi connectivity index (χ1) is 8.24. The minimum absolute atomic E-state index is 0.0805. The van der Waals surface area contributed by atoms with Gasteiger partial charge in [0.05, 0.1) is 13.2 Å². The van der Waals surface area contributed by atoms with Crippen LogP contribution in [-0.2, 0) is 16.1 Å². The first kappa shape index (κ1) is 13.0. The molecule has 90 valence electrons. The van der Waals surface area contributed by atoms with E-state index in [1.807, 2.05) is 12.1 Å². The standard InChI is InChI=1S/C11H14N4O2/c1-9(16)13-6-7-17-8-10-4-2-3-5-11(10)14-15-12/h2-5H,6-8H2,1H3,(H,13,16). The summed E-state index contributed by atoms with van der Waals surface area (Å²) in [6, 6.07) is 7.21. The van der Waals surface area contributed by atoms with Crippen molar-refractivity contribution in [3.63, 3.8) is 0 Å². The van der Waals surface area contributed by atoms with Gasteiger partial charge in [-0.05, 0) is 11.1 Å². The average Bonchev–Trinajstić information content (AvgIpc) is 2.31. The number of carbonyl (C=O) groups is 1. The quantitative estimate of drug-likeness (QED) is 0.354. The Morgan fingerprint density at radius 1 is 1.53 bits per heavy atom. The van der Waals surface area contributed by atoms with E-state index in [9.17, 15) is 4.79 Å². The van der Waals surface area contributed by atoms with E-state index in [2.05, 4.69) is 15.3 Å². The largest absolute Gasteiger partial charge is 0.375 e. The van der Waals surface area contributed by atoms with Crippen molar-refractivity contribution in [2.75, 3.05) is 13.2 Å². The van der Waals surface area contributed by atoms with Crippen LogP contribution in [0.5, 0.6) is 0 Å². The van der Waals surface area contributed by atoms with Crippen molar-refractivity contribution >= 4 is 11.6 Å². The second-order valence-electron chi connectivity index (χ2n) is 3.35. The summed E-state index contributed by atoms with van der Waals surface area (Å²) in [5.41, 5.74) is 9.78. The van der Waals surface area contributed by atoms with Gasteiger partial charge in [0.25, 0.3) is 0 Å². The third-order valence-corrected chi connectivity index (χ3v) is 2.02. The Labute approximate surface area is 99.2 Å². The van der Waals surface area contributed by atoms with Crippen LogP contribution < -0.4 is 5.32 Å². The fraction of sp³-hybridized carbons (Fsp3) is 0.364. The van der Waals surface area contributed by atoms with E-state index in [1.165, 1.54) is 6.92 Å². The van der Waals surface area contributed by atoms with E-state index in [-0.39, 0.29) is 5.91 Å². The van der Waals surface area contributed by atoms with Gasteiger partial charge < -0.3 is 10.1 Å². The SMILES string of the molecule is CC(=O)NCCOCc1ccccc1N=[N+]=[N-]. The third-order valence-electron chi connectivity index (χ3n) is 2.02. The lowest BCUT2D eigenvalue weighted by Crippen LogP contribution is -2.24. The maximum Gasteiger partial charge on any atom is 0.216 e. The summed E-state index contributed by atoms with van der Waals surface area (Å²) in [6.45, 7) is 2.70. The number of rotatable bonds is 6. The van der Waals surface area contributed by atoms with E-state index in [0.29, 0.717) is 25.4 Å². The highest BCUT2D eigenvalue weighted by atomic mass is 16.5. The number of hydrogen-bond acceptors (Lipinski definition) is 3. The maximum atomic E-state index is 10.6. The van der Waals surface area contributed by atoms with Gasteiger partial charge in [0.2, 0.25) is 5.91 Å². The molecule has 0 bridgehead atoms. The molecule has 1 aromatic rings. The predicted octanol–water partition coefficient (Wildman–Crippen LogP) is 2.28. The molecule has 1 aromatic carbocycles. The summed E-state index contributed by atoms with van der Waals surface area (Å²) in [5, 5.41) is 6.19. The lowest BCUT2D eigenvalue weighted by atomic mass is 10.2. The molecular formula is C11H14N4O2. The first-order valence-corrected chi connectivity index (χ1v) is 5.19. The van der Waals surface area contributed by atoms with Crippen LogP contribution in [0.2, 0.25) is 0 Å². The molecule has 0 saturated heterocycles. The van der Waals surface area contributed by atoms with E-state index in [4.69, 9.17) is 10.3 Å². The molecule has 0 unspecified atom stereocenters. The third kappa shape index (κ3) is 5.01. The van der Waals surface area contributed by atoms with Crippen LogP contribution in [0.3, 0.4) is 0 Å². The molecule has 0 saturated carbocycles. The molecule has 0 heterocycles. The molecule has 0 aliphatic heterocycles. The molecule has 6 heteroatoms. The molecule has 0 aliphatic carbocycles. The van der Waals surface area contributed by atoms with Crippen LogP contribution in [0.1, 0.15) is 12.5 Å². The van der Waals surface area contributed by atoms with Crippen LogP contribution in [0.25, 0.3) is 10.4 Å². The molecule has 6 nitrogen and oxygen atoms in total. The molecular weight excluding hydrogens is 220 g/mol. The molecule has 17 heavy (non-hydrogen) atoms. The number of ether oxygens (including phenoxy) is 1. The minimum atomic E-state index is -0.0805. The monoisotopic (exact) mass is 234 g/mol. The number of nitrogens with zero attached hydrogens (tertiary/aromatic N) is 3. The number of nitrogens with one attached hydrogen (secondary N) is 1. The summed E-state index contributed by atoms with van der Waals surface area (Å²) >= 11 is 0. The highest BCUT2D eigenvalue weighted by molar-refractivity contribution is 5.72. The number of benzene rings is 1. The van der Waals surface area contributed by atoms with Crippen molar-refractivity contribution in [3.05, 3.63) is 40.3 Å². The van der Waals surface area contributed by atoms with Crippen molar-refractivity contribution in [3.8, 4) is 0 Å². The van der Waals surface area contributed by atoms with Gasteiger partial charge in [-0.25, -0.2) is 0 Å². The van der Waals surface area contributed by atoms with Crippen molar-refractivity contribution in [2.24, 2.45) is 5.11 Å². The Hall–Kier alpha value is -2.04. The Balaban J connectivity index is 2.41. The molecule has 0 aliphatic rings. The Kier molecular flexibility index (Phi) is 5.57. The van der Waals surface area contributed by atoms with Gasteiger partial charge in [0, 0.05) is 24.1 Å². The normalized spacial score (nSPS) is 9.47. The van der Waals surface area contributed by atoms with Crippen LogP contribution in [-0.4, -0.2) is 19.1 Å². The summed E-state index contributed by atoms with van der Waals surface area (Å²) < 4.78 is 5.36. The van der Waals surface area contributed by atoms with Crippen LogP contribution in [0.4, 0.5) is 5.69 Å². The molecule has 1 N–H and O–H groups in total. The fourth-order valence-electron chi connectivity index (χ4n) is 1.26. The zero-order valence-corrected chi connectivity index (χ0v) is 9.59. The zero-order chi connectivity index (χ0) is 12.5. The van der Waals surface area contributed by atoms with Crippen molar-refractivity contribution < 1.29 is 9.53 Å². The van der Waals surface area contributed by atoms with Gasteiger partial charge in [-0.1, -0.05) is 29.4 Å². The lowest BCUT2D eigenvalue weighted by Gasteiger charge is -2.06. The molecule has 0 aromatic heterocycles. The fourth-order valence-corrected chi connectivity index (χ4v) is 1.26. The Bertz CT molecular complexity index is 427. The van der Waals surface area contributed by atoms with Crippen LogP contribution in [0, 0.1) is 0 Å². The number of amides is 1. The predicted molar refractivity (Wildman–Crippen MR) is 63.6 cm³/mol. The highest BCUT2D eigenvalue weighted by Crippen LogP contribution is 2.19. The van der Waals surface area contributed by atoms with E-state index in [1.54, 1.807) is 12.1 Å². The van der Waals surface area contributed by atoms with E-state index in [0.717, 1.165) is 5.56 Å². The Morgan fingerprint density at radius 2 is 2.29 bits per heavy atom. The van der Waals surface area contributed by atoms with Crippen molar-refractivity contribution in [1.82, 2.24) is 5.32 Å². The van der Waals surface area contributed by atoms with Crippen LogP contribution >= 0.6 is 0 Å². The van der Waals surface area contributed by atoms with Gasteiger partial charge in [-0.3, -0.25) is 4.79 Å². The number of azide groups is 1. The first-order valence-electron chi connectivity index (χ1n) is 5.19. The van der Waals surface area contributed by atoms with E-state index >= 15 is 0 Å². The summed E-state index contributed by atoms with van der Waals surface area (Å²) in [7, 11) is 0. The maximum absolute atomic E-state index is 10.6. The van der Waals surface area contributed by atoms with Gasteiger partial charge in [0.1, 0.15) is 0 Å². The number of carbonyl (C=O) groups excluding carboxylic acids is 1. The van der Waals surface area contributed by atoms with Gasteiger partial charge >= 0.3 is 0 Å². The zero-order valence-electron chi connectivity index (χ0n) is 9.59. The molecule has 1 rings (SSSR count).